The number of benzene rings is 2. The molecule has 1 amide bonds. The molecule has 1 aliphatic heterocycles. The summed E-state index contributed by atoms with van der Waals surface area (Å²) >= 11 is 1.01. The van der Waals surface area contributed by atoms with Crippen molar-refractivity contribution in [2.45, 2.75) is 0 Å². The van der Waals surface area contributed by atoms with E-state index in [4.69, 9.17) is 5.11 Å². The van der Waals surface area contributed by atoms with E-state index < -0.39 is 16.8 Å². The first-order valence-corrected chi connectivity index (χ1v) is 9.33. The van der Waals surface area contributed by atoms with Crippen LogP contribution in [0.4, 0.5) is 11.4 Å². The van der Waals surface area contributed by atoms with Crippen LogP contribution in [0.1, 0.15) is 15.9 Å². The minimum atomic E-state index is -1.10. The number of carboxylic acid groups (broad SMARTS) is 1. The van der Waals surface area contributed by atoms with Crippen LogP contribution >= 0.6 is 11.8 Å². The molecular formula is C20H15N3O6S. The zero-order chi connectivity index (χ0) is 21.8. The van der Waals surface area contributed by atoms with Crippen molar-refractivity contribution in [1.29, 1.82) is 0 Å². The second kappa shape index (κ2) is 8.62. The van der Waals surface area contributed by atoms with Crippen LogP contribution in [0, 0.1) is 10.1 Å². The van der Waals surface area contributed by atoms with Gasteiger partial charge in [-0.1, -0.05) is 12.1 Å². The number of aromatic hydroxyl groups is 1. The quantitative estimate of drug-likeness (QED) is 0.311. The number of thioether (sulfide) groups is 1. The van der Waals surface area contributed by atoms with E-state index in [-0.39, 0.29) is 34.0 Å². The van der Waals surface area contributed by atoms with Gasteiger partial charge in [0.25, 0.3) is 11.6 Å². The number of rotatable bonds is 6. The molecule has 0 spiro atoms. The van der Waals surface area contributed by atoms with Gasteiger partial charge in [-0.25, -0.2) is 9.79 Å². The number of nitro benzene ring substituents is 1. The van der Waals surface area contributed by atoms with Gasteiger partial charge in [0.2, 0.25) is 0 Å². The Balaban J connectivity index is 2.01. The maximum Gasteiger partial charge on any atom is 0.335 e. The number of amides is 1. The normalized spacial score (nSPS) is 16.3. The first-order chi connectivity index (χ1) is 14.3. The topological polar surface area (TPSA) is 133 Å². The van der Waals surface area contributed by atoms with E-state index >= 15 is 0 Å². The largest absolute Gasteiger partial charge is 0.507 e. The van der Waals surface area contributed by atoms with Crippen molar-refractivity contribution >= 4 is 46.3 Å². The summed E-state index contributed by atoms with van der Waals surface area (Å²) in [5.41, 5.74) is 0.294. The minimum Gasteiger partial charge on any atom is -0.507 e. The molecule has 1 fully saturated rings. The summed E-state index contributed by atoms with van der Waals surface area (Å²) in [5, 5.41) is 30.4. The fourth-order valence-electron chi connectivity index (χ4n) is 2.61. The van der Waals surface area contributed by atoms with E-state index in [2.05, 4.69) is 11.6 Å². The predicted octanol–water partition coefficient (Wildman–Crippen LogP) is 3.79. The maximum atomic E-state index is 12.8. The lowest BCUT2D eigenvalue weighted by Gasteiger charge is -2.12. The number of nitrogens with zero attached hydrogens (tertiary/aromatic N) is 3. The highest BCUT2D eigenvalue weighted by molar-refractivity contribution is 8.18. The van der Waals surface area contributed by atoms with Crippen LogP contribution in [-0.2, 0) is 4.79 Å². The average molecular weight is 425 g/mol. The van der Waals surface area contributed by atoms with Crippen molar-refractivity contribution in [3.8, 4) is 5.75 Å². The van der Waals surface area contributed by atoms with E-state index in [0.717, 1.165) is 17.8 Å². The molecule has 0 bridgehead atoms. The van der Waals surface area contributed by atoms with Crippen LogP contribution in [0.15, 0.2) is 65.0 Å². The number of carbonyl (C=O) groups is 2. The zero-order valence-corrected chi connectivity index (χ0v) is 16.2. The molecule has 2 aromatic rings. The lowest BCUT2D eigenvalue weighted by molar-refractivity contribution is -0.384. The van der Waals surface area contributed by atoms with Crippen molar-refractivity contribution < 1.29 is 24.7 Å². The number of amidine groups is 1. The van der Waals surface area contributed by atoms with Gasteiger partial charge in [-0.05, 0) is 42.1 Å². The molecule has 0 unspecified atom stereocenters. The van der Waals surface area contributed by atoms with Crippen LogP contribution in [0.25, 0.3) is 6.08 Å². The third-order valence-electron chi connectivity index (χ3n) is 4.03. The summed E-state index contributed by atoms with van der Waals surface area (Å²) in [7, 11) is 0. The molecule has 152 valence electrons. The summed E-state index contributed by atoms with van der Waals surface area (Å²) in [5.74, 6) is -1.73. The Morgan fingerprint density at radius 2 is 2.07 bits per heavy atom. The maximum absolute atomic E-state index is 12.8. The van der Waals surface area contributed by atoms with Gasteiger partial charge >= 0.3 is 5.97 Å². The molecule has 2 N–H and O–H groups in total. The molecule has 0 saturated carbocycles. The molecule has 1 heterocycles. The Morgan fingerprint density at radius 1 is 1.30 bits per heavy atom. The Labute approximate surface area is 174 Å². The number of carboxylic acids is 1. The van der Waals surface area contributed by atoms with Gasteiger partial charge in [0.1, 0.15) is 5.75 Å². The molecule has 0 radical (unpaired) electrons. The third kappa shape index (κ3) is 4.39. The van der Waals surface area contributed by atoms with Crippen molar-refractivity contribution in [3.63, 3.8) is 0 Å². The summed E-state index contributed by atoms with van der Waals surface area (Å²) in [6.45, 7) is 3.78. The van der Waals surface area contributed by atoms with E-state index in [9.17, 15) is 24.8 Å². The fraction of sp³-hybridized carbons (Fsp3) is 0.0500. The van der Waals surface area contributed by atoms with Gasteiger partial charge in [0, 0.05) is 24.2 Å². The van der Waals surface area contributed by atoms with Crippen LogP contribution in [-0.4, -0.2) is 43.6 Å². The highest BCUT2D eigenvalue weighted by Gasteiger charge is 2.33. The molecule has 10 heteroatoms. The SMILES string of the molecule is C=CCN1C(=O)/C(=C/c2cc([N+](=O)[O-])ccc2O)SC1=Nc1cccc(C(=O)O)c1. The van der Waals surface area contributed by atoms with Crippen molar-refractivity contribution in [2.24, 2.45) is 4.99 Å². The van der Waals surface area contributed by atoms with Crippen LogP contribution < -0.4 is 0 Å². The molecule has 2 aromatic carbocycles. The van der Waals surface area contributed by atoms with Crippen LogP contribution in [0.2, 0.25) is 0 Å². The third-order valence-corrected chi connectivity index (χ3v) is 5.03. The van der Waals surface area contributed by atoms with Gasteiger partial charge < -0.3 is 10.2 Å². The molecule has 1 saturated heterocycles. The number of phenols is 1. The average Bonchev–Trinajstić information content (AvgIpc) is 2.98. The summed E-state index contributed by atoms with van der Waals surface area (Å²) in [6, 6.07) is 9.46. The molecule has 30 heavy (non-hydrogen) atoms. The first-order valence-electron chi connectivity index (χ1n) is 8.52. The molecule has 0 aromatic heterocycles. The predicted molar refractivity (Wildman–Crippen MR) is 113 cm³/mol. The lowest BCUT2D eigenvalue weighted by Crippen LogP contribution is -2.29. The molecule has 1 aliphatic rings. The molecular weight excluding hydrogens is 410 g/mol. The van der Waals surface area contributed by atoms with E-state index in [0.29, 0.717) is 10.9 Å². The van der Waals surface area contributed by atoms with E-state index in [1.165, 1.54) is 41.3 Å². The van der Waals surface area contributed by atoms with E-state index in [1.54, 1.807) is 12.1 Å². The van der Waals surface area contributed by atoms with Crippen molar-refractivity contribution in [2.75, 3.05) is 6.54 Å². The Bertz CT molecular complexity index is 1130. The monoisotopic (exact) mass is 425 g/mol. The van der Waals surface area contributed by atoms with Crippen molar-refractivity contribution in [3.05, 3.63) is 81.3 Å². The van der Waals surface area contributed by atoms with E-state index in [1.807, 2.05) is 0 Å². The number of phenolic OH excluding ortho intramolecular Hbond substituents is 1. The van der Waals surface area contributed by atoms with Gasteiger partial charge in [0.05, 0.1) is 21.1 Å². The summed E-state index contributed by atoms with van der Waals surface area (Å²) in [6.07, 6.45) is 2.86. The number of carbonyl (C=O) groups excluding carboxylic acids is 1. The number of nitro groups is 1. The fourth-order valence-corrected chi connectivity index (χ4v) is 3.61. The zero-order valence-electron chi connectivity index (χ0n) is 15.4. The standard InChI is InChI=1S/C20H15N3O6S/c1-2-8-22-18(25)17(11-13-10-15(23(28)29)6-7-16(13)24)30-20(22)21-14-5-3-4-12(9-14)19(26)27/h2-7,9-11,24H,1,8H2,(H,26,27)/b17-11-,21-20?. The molecule has 0 atom stereocenters. The second-order valence-corrected chi connectivity index (χ2v) is 7.07. The summed E-state index contributed by atoms with van der Waals surface area (Å²) in [4.78, 5) is 40.3. The first kappa shape index (κ1) is 20.8. The molecule has 0 aliphatic carbocycles. The van der Waals surface area contributed by atoms with Crippen molar-refractivity contribution in [1.82, 2.24) is 4.90 Å². The smallest absolute Gasteiger partial charge is 0.335 e. The van der Waals surface area contributed by atoms with Gasteiger partial charge in [-0.15, -0.1) is 6.58 Å². The van der Waals surface area contributed by atoms with Gasteiger partial charge in [0.15, 0.2) is 5.17 Å². The van der Waals surface area contributed by atoms with Gasteiger partial charge in [-0.2, -0.15) is 0 Å². The van der Waals surface area contributed by atoms with Crippen LogP contribution in [0.3, 0.4) is 0 Å². The number of hydrogen-bond donors (Lipinski definition) is 2. The Kier molecular flexibility index (Phi) is 5.98. The summed E-state index contributed by atoms with van der Waals surface area (Å²) < 4.78 is 0. The number of aromatic carboxylic acids is 1. The second-order valence-electron chi connectivity index (χ2n) is 6.07. The highest BCUT2D eigenvalue weighted by atomic mass is 32.2. The molecule has 9 nitrogen and oxygen atoms in total. The van der Waals surface area contributed by atoms with Crippen LogP contribution in [0.5, 0.6) is 5.75 Å². The highest BCUT2D eigenvalue weighted by Crippen LogP contribution is 2.36. The number of aliphatic imine (C=N–C) groups is 1. The Morgan fingerprint density at radius 3 is 2.73 bits per heavy atom. The lowest BCUT2D eigenvalue weighted by atomic mass is 10.1. The Hall–Kier alpha value is -3.92. The minimum absolute atomic E-state index is 0.0544. The number of non-ortho nitro benzene ring substituents is 1. The molecule has 3 rings (SSSR count). The number of hydrogen-bond acceptors (Lipinski definition) is 7. The van der Waals surface area contributed by atoms with Gasteiger partial charge in [-0.3, -0.25) is 19.8 Å².